The van der Waals surface area contributed by atoms with Crippen LogP contribution in [-0.4, -0.2) is 71.5 Å². The SMILES string of the molecule is N[C@@H]1CN(c2nc3cc(F)c(F)cc3n2CC(=O)N2CCCC3COCCC32)CC[C@H]1F. The van der Waals surface area contributed by atoms with E-state index in [2.05, 4.69) is 4.98 Å². The van der Waals surface area contributed by atoms with Crippen molar-refractivity contribution in [2.75, 3.05) is 37.7 Å². The predicted octanol–water partition coefficient (Wildman–Crippen LogP) is 2.22. The second kappa shape index (κ2) is 8.55. The Labute approximate surface area is 184 Å². The Morgan fingerprint density at radius 3 is 2.81 bits per heavy atom. The Bertz CT molecular complexity index is 1010. The minimum absolute atomic E-state index is 0.0498. The zero-order valence-electron chi connectivity index (χ0n) is 17.9. The number of halogens is 3. The van der Waals surface area contributed by atoms with Crippen LogP contribution in [0.3, 0.4) is 0 Å². The van der Waals surface area contributed by atoms with Crippen LogP contribution in [0.25, 0.3) is 11.0 Å². The Morgan fingerprint density at radius 1 is 1.19 bits per heavy atom. The summed E-state index contributed by atoms with van der Waals surface area (Å²) in [6.07, 6.45) is 1.86. The molecule has 0 radical (unpaired) electrons. The molecule has 0 saturated carbocycles. The summed E-state index contributed by atoms with van der Waals surface area (Å²) in [5.41, 5.74) is 6.52. The van der Waals surface area contributed by atoms with Crippen molar-refractivity contribution in [3.63, 3.8) is 0 Å². The standard InChI is InChI=1S/C22H28F3N5O2/c23-14-3-6-28(10-17(14)26)22-27-18-8-15(24)16(25)9-20(18)30(22)11-21(31)29-5-1-2-13-12-32-7-4-19(13)29/h8-9,13-14,17,19H,1-7,10-12,26H2/t13?,14-,17-,19?/m1/s1. The van der Waals surface area contributed by atoms with E-state index in [-0.39, 0.29) is 37.0 Å². The molecule has 7 nitrogen and oxygen atoms in total. The third kappa shape index (κ3) is 3.83. The Balaban J connectivity index is 1.49. The highest BCUT2D eigenvalue weighted by Gasteiger charge is 2.37. The monoisotopic (exact) mass is 451 g/mol. The fourth-order valence-electron chi connectivity index (χ4n) is 5.34. The van der Waals surface area contributed by atoms with E-state index in [1.165, 1.54) is 0 Å². The van der Waals surface area contributed by atoms with Gasteiger partial charge in [-0.15, -0.1) is 0 Å². The number of fused-ring (bicyclic) bond motifs is 2. The topological polar surface area (TPSA) is 76.6 Å². The Kier molecular flexibility index (Phi) is 5.75. The second-order valence-electron chi connectivity index (χ2n) is 9.09. The van der Waals surface area contributed by atoms with Gasteiger partial charge in [-0.25, -0.2) is 18.2 Å². The van der Waals surface area contributed by atoms with Gasteiger partial charge in [0.15, 0.2) is 11.6 Å². The zero-order chi connectivity index (χ0) is 22.4. The first-order chi connectivity index (χ1) is 15.4. The summed E-state index contributed by atoms with van der Waals surface area (Å²) >= 11 is 0. The first kappa shape index (κ1) is 21.5. The third-order valence-electron chi connectivity index (χ3n) is 7.05. The molecule has 0 spiro atoms. The van der Waals surface area contributed by atoms with Crippen LogP contribution in [0.1, 0.15) is 25.7 Å². The molecule has 32 heavy (non-hydrogen) atoms. The number of likely N-dealkylation sites (tertiary alicyclic amines) is 1. The maximum Gasteiger partial charge on any atom is 0.242 e. The normalized spacial score (nSPS) is 28.8. The van der Waals surface area contributed by atoms with Gasteiger partial charge in [0.1, 0.15) is 12.7 Å². The number of amides is 1. The molecule has 3 fully saturated rings. The molecule has 3 saturated heterocycles. The number of benzene rings is 1. The number of carbonyl (C=O) groups is 1. The van der Waals surface area contributed by atoms with Crippen LogP contribution < -0.4 is 10.6 Å². The third-order valence-corrected chi connectivity index (χ3v) is 7.05. The maximum absolute atomic E-state index is 14.1. The fraction of sp³-hybridized carbons (Fsp3) is 0.636. The summed E-state index contributed by atoms with van der Waals surface area (Å²) in [5, 5.41) is 0. The van der Waals surface area contributed by atoms with E-state index in [0.29, 0.717) is 43.7 Å². The summed E-state index contributed by atoms with van der Waals surface area (Å²) in [4.78, 5) is 21.6. The van der Waals surface area contributed by atoms with E-state index in [4.69, 9.17) is 10.5 Å². The van der Waals surface area contributed by atoms with Gasteiger partial charge >= 0.3 is 0 Å². The number of hydrogen-bond acceptors (Lipinski definition) is 5. The molecular formula is C22H28F3N5O2. The highest BCUT2D eigenvalue weighted by molar-refractivity contribution is 5.84. The molecule has 1 aromatic carbocycles. The molecule has 4 atom stereocenters. The van der Waals surface area contributed by atoms with Crippen molar-refractivity contribution in [1.29, 1.82) is 0 Å². The van der Waals surface area contributed by atoms with Gasteiger partial charge in [-0.3, -0.25) is 4.79 Å². The number of nitrogens with zero attached hydrogens (tertiary/aromatic N) is 4. The summed E-state index contributed by atoms with van der Waals surface area (Å²) in [7, 11) is 0. The molecule has 1 aromatic heterocycles. The summed E-state index contributed by atoms with van der Waals surface area (Å²) in [5.74, 6) is -1.37. The number of rotatable bonds is 3. The van der Waals surface area contributed by atoms with Gasteiger partial charge in [-0.2, -0.15) is 0 Å². The van der Waals surface area contributed by atoms with Crippen LogP contribution in [0.4, 0.5) is 19.1 Å². The number of ether oxygens (including phenoxy) is 1. The molecule has 2 N–H and O–H groups in total. The van der Waals surface area contributed by atoms with Crippen molar-refractivity contribution in [3.05, 3.63) is 23.8 Å². The summed E-state index contributed by atoms with van der Waals surface area (Å²) in [6.45, 7) is 2.49. The molecular weight excluding hydrogens is 423 g/mol. The van der Waals surface area contributed by atoms with Crippen molar-refractivity contribution in [2.45, 2.75) is 50.5 Å². The van der Waals surface area contributed by atoms with Crippen LogP contribution >= 0.6 is 0 Å². The van der Waals surface area contributed by atoms with E-state index >= 15 is 0 Å². The smallest absolute Gasteiger partial charge is 0.242 e. The van der Waals surface area contributed by atoms with Crippen LogP contribution in [0.5, 0.6) is 0 Å². The van der Waals surface area contributed by atoms with Gasteiger partial charge in [0, 0.05) is 50.3 Å². The van der Waals surface area contributed by atoms with Crippen LogP contribution in [0.15, 0.2) is 12.1 Å². The number of hydrogen-bond donors (Lipinski definition) is 1. The van der Waals surface area contributed by atoms with Crippen LogP contribution in [-0.2, 0) is 16.1 Å². The molecule has 3 aliphatic heterocycles. The van der Waals surface area contributed by atoms with Crippen molar-refractivity contribution in [2.24, 2.45) is 11.7 Å². The lowest BCUT2D eigenvalue weighted by molar-refractivity contribution is -0.141. The molecule has 2 unspecified atom stereocenters. The van der Waals surface area contributed by atoms with E-state index < -0.39 is 23.8 Å². The number of nitrogens with two attached hydrogens (primary N) is 1. The first-order valence-electron chi connectivity index (χ1n) is 11.3. The lowest BCUT2D eigenvalue weighted by Crippen LogP contribution is -2.53. The van der Waals surface area contributed by atoms with Gasteiger partial charge in [0.25, 0.3) is 0 Å². The van der Waals surface area contributed by atoms with E-state index in [0.717, 1.165) is 31.4 Å². The minimum Gasteiger partial charge on any atom is -0.381 e. The number of anilines is 1. The molecule has 0 bridgehead atoms. The van der Waals surface area contributed by atoms with E-state index in [9.17, 15) is 18.0 Å². The molecule has 174 valence electrons. The molecule has 1 amide bonds. The van der Waals surface area contributed by atoms with Crippen molar-refractivity contribution >= 4 is 22.9 Å². The average molecular weight is 451 g/mol. The van der Waals surface area contributed by atoms with E-state index in [1.807, 2.05) is 4.90 Å². The Morgan fingerprint density at radius 2 is 2.00 bits per heavy atom. The van der Waals surface area contributed by atoms with E-state index in [1.54, 1.807) is 9.47 Å². The summed E-state index contributed by atoms with van der Waals surface area (Å²) in [6, 6.07) is 1.55. The number of carbonyl (C=O) groups excluding carboxylic acids is 1. The van der Waals surface area contributed by atoms with Crippen molar-refractivity contribution < 1.29 is 22.7 Å². The quantitative estimate of drug-likeness (QED) is 0.775. The molecule has 10 heteroatoms. The highest BCUT2D eigenvalue weighted by Crippen LogP contribution is 2.31. The highest BCUT2D eigenvalue weighted by atomic mass is 19.2. The van der Waals surface area contributed by atoms with Gasteiger partial charge in [-0.05, 0) is 25.7 Å². The number of aromatic nitrogens is 2. The van der Waals surface area contributed by atoms with Crippen molar-refractivity contribution in [1.82, 2.24) is 14.5 Å². The first-order valence-corrected chi connectivity index (χ1v) is 11.3. The average Bonchev–Trinajstić information content (AvgIpc) is 3.12. The van der Waals surface area contributed by atoms with Crippen LogP contribution in [0, 0.1) is 17.6 Å². The molecule has 0 aliphatic carbocycles. The summed E-state index contributed by atoms with van der Waals surface area (Å²) < 4.78 is 49.1. The lowest BCUT2D eigenvalue weighted by atomic mass is 9.86. The lowest BCUT2D eigenvalue weighted by Gasteiger charge is -2.44. The molecule has 5 rings (SSSR count). The minimum atomic E-state index is -1.11. The predicted molar refractivity (Wildman–Crippen MR) is 113 cm³/mol. The largest absolute Gasteiger partial charge is 0.381 e. The van der Waals surface area contributed by atoms with Crippen molar-refractivity contribution in [3.8, 4) is 0 Å². The fourth-order valence-corrected chi connectivity index (χ4v) is 5.34. The number of piperidine rings is 2. The van der Waals surface area contributed by atoms with Gasteiger partial charge in [0.2, 0.25) is 11.9 Å². The maximum atomic E-state index is 14.1. The van der Waals surface area contributed by atoms with Gasteiger partial charge in [-0.1, -0.05) is 0 Å². The Hall–Kier alpha value is -2.33. The molecule has 4 heterocycles. The molecule has 2 aromatic rings. The van der Waals surface area contributed by atoms with Gasteiger partial charge in [0.05, 0.1) is 23.7 Å². The second-order valence-corrected chi connectivity index (χ2v) is 9.09. The number of imidazole rings is 1. The number of alkyl halides is 1. The van der Waals surface area contributed by atoms with Gasteiger partial charge < -0.3 is 24.8 Å². The molecule has 3 aliphatic rings. The van der Waals surface area contributed by atoms with Crippen LogP contribution in [0.2, 0.25) is 0 Å². The zero-order valence-corrected chi connectivity index (χ0v) is 17.9.